The highest BCUT2D eigenvalue weighted by atomic mass is 35.5. The van der Waals surface area contributed by atoms with Crippen LogP contribution in [0.5, 0.6) is 11.6 Å². The average Bonchev–Trinajstić information content (AvgIpc) is 2.29. The Kier molecular flexibility index (Phi) is 3.72. The van der Waals surface area contributed by atoms with E-state index < -0.39 is 5.82 Å². The van der Waals surface area contributed by atoms with Gasteiger partial charge in [0.15, 0.2) is 16.7 Å². The third kappa shape index (κ3) is 2.80. The summed E-state index contributed by atoms with van der Waals surface area (Å²) < 4.78 is 18.5. The molecule has 2 nitrogen and oxygen atoms in total. The molecule has 0 aliphatic carbocycles. The number of hydrogen-bond acceptors (Lipinski definition) is 2. The van der Waals surface area contributed by atoms with Crippen molar-refractivity contribution in [1.82, 2.24) is 4.98 Å². The maximum absolute atomic E-state index is 13.3. The Morgan fingerprint density at radius 3 is 2.47 bits per heavy atom. The number of para-hydroxylation sites is 1. The van der Waals surface area contributed by atoms with Gasteiger partial charge in [-0.05, 0) is 18.2 Å². The normalized spacial score (nSPS) is 10.4. The zero-order valence-electron chi connectivity index (χ0n) is 8.25. The van der Waals surface area contributed by atoms with Gasteiger partial charge in [-0.25, -0.2) is 4.39 Å². The van der Waals surface area contributed by atoms with Crippen molar-refractivity contribution in [1.29, 1.82) is 0 Å². The summed E-state index contributed by atoms with van der Waals surface area (Å²) in [6, 6.07) is 7.28. The van der Waals surface area contributed by atoms with Crippen molar-refractivity contribution in [2.45, 2.75) is 0 Å². The summed E-state index contributed by atoms with van der Waals surface area (Å²) in [4.78, 5) is 3.82. The van der Waals surface area contributed by atoms with Crippen LogP contribution in [0.3, 0.4) is 0 Å². The molecule has 0 aliphatic heterocycles. The number of pyridine rings is 1. The molecule has 6 heteroatoms. The molecule has 0 bridgehead atoms. The van der Waals surface area contributed by atoms with Gasteiger partial charge in [-0.1, -0.05) is 46.9 Å². The van der Waals surface area contributed by atoms with Crippen molar-refractivity contribution in [3.8, 4) is 11.6 Å². The minimum atomic E-state index is -0.517. The molecule has 0 amide bonds. The van der Waals surface area contributed by atoms with Crippen LogP contribution in [0.1, 0.15) is 0 Å². The summed E-state index contributed by atoms with van der Waals surface area (Å²) in [5.74, 6) is -0.497. The predicted molar refractivity (Wildman–Crippen MR) is 65.7 cm³/mol. The molecule has 0 saturated carbocycles. The van der Waals surface area contributed by atoms with E-state index in [1.54, 1.807) is 12.1 Å². The average molecular weight is 293 g/mol. The van der Waals surface area contributed by atoms with Gasteiger partial charge in [-0.3, -0.25) is 0 Å². The van der Waals surface area contributed by atoms with Crippen LogP contribution in [0.2, 0.25) is 15.2 Å². The van der Waals surface area contributed by atoms with Crippen LogP contribution in [0.25, 0.3) is 0 Å². The van der Waals surface area contributed by atoms with E-state index in [1.807, 2.05) is 0 Å². The van der Waals surface area contributed by atoms with E-state index in [9.17, 15) is 4.39 Å². The first-order valence-corrected chi connectivity index (χ1v) is 5.65. The monoisotopic (exact) mass is 291 g/mol. The van der Waals surface area contributed by atoms with Crippen LogP contribution in [-0.2, 0) is 0 Å². The highest BCUT2D eigenvalue weighted by Gasteiger charge is 2.11. The lowest BCUT2D eigenvalue weighted by atomic mass is 10.3. The number of rotatable bonds is 2. The second kappa shape index (κ2) is 5.08. The topological polar surface area (TPSA) is 22.1 Å². The van der Waals surface area contributed by atoms with Crippen LogP contribution in [0.4, 0.5) is 4.39 Å². The molecule has 0 N–H and O–H groups in total. The molecule has 1 aromatic carbocycles. The molecular formula is C11H5Cl3FNO. The Morgan fingerprint density at radius 2 is 1.76 bits per heavy atom. The predicted octanol–water partition coefficient (Wildman–Crippen LogP) is 4.97. The van der Waals surface area contributed by atoms with Gasteiger partial charge in [0, 0.05) is 0 Å². The van der Waals surface area contributed by atoms with Crippen LogP contribution in [0, 0.1) is 5.82 Å². The molecule has 1 aromatic heterocycles. The zero-order chi connectivity index (χ0) is 12.4. The molecule has 1 heterocycles. The molecule has 17 heavy (non-hydrogen) atoms. The molecule has 0 atom stereocenters. The van der Waals surface area contributed by atoms with Gasteiger partial charge < -0.3 is 4.74 Å². The highest BCUT2D eigenvalue weighted by Crippen LogP contribution is 2.33. The summed E-state index contributed by atoms with van der Waals surface area (Å²) >= 11 is 17.3. The van der Waals surface area contributed by atoms with Crippen molar-refractivity contribution in [3.63, 3.8) is 0 Å². The number of nitrogens with zero attached hydrogens (tertiary/aromatic N) is 1. The van der Waals surface area contributed by atoms with Crippen molar-refractivity contribution in [2.24, 2.45) is 0 Å². The second-order valence-corrected chi connectivity index (χ2v) is 4.25. The first-order chi connectivity index (χ1) is 8.08. The quantitative estimate of drug-likeness (QED) is 0.729. The van der Waals surface area contributed by atoms with Gasteiger partial charge in [0.05, 0.1) is 5.02 Å². The number of benzene rings is 1. The molecule has 0 aliphatic rings. The second-order valence-electron chi connectivity index (χ2n) is 3.08. The van der Waals surface area contributed by atoms with Crippen LogP contribution in [-0.4, -0.2) is 4.98 Å². The maximum atomic E-state index is 13.3. The molecule has 0 spiro atoms. The standard InChI is InChI=1S/C11H5Cl3FNO/c12-6-5-7(13)11(16-10(6)14)17-9-4-2-1-3-8(9)15/h1-5H. The lowest BCUT2D eigenvalue weighted by Crippen LogP contribution is -1.92. The largest absolute Gasteiger partial charge is 0.434 e. The van der Waals surface area contributed by atoms with Crippen molar-refractivity contribution >= 4 is 34.8 Å². The number of hydrogen-bond donors (Lipinski definition) is 0. The van der Waals surface area contributed by atoms with E-state index in [0.29, 0.717) is 0 Å². The third-order valence-electron chi connectivity index (χ3n) is 1.90. The van der Waals surface area contributed by atoms with Crippen molar-refractivity contribution in [3.05, 3.63) is 51.3 Å². The van der Waals surface area contributed by atoms with Gasteiger partial charge in [-0.2, -0.15) is 4.98 Å². The van der Waals surface area contributed by atoms with E-state index in [4.69, 9.17) is 39.5 Å². The Balaban J connectivity index is 2.37. The van der Waals surface area contributed by atoms with Gasteiger partial charge in [0.25, 0.3) is 0 Å². The number of ether oxygens (including phenoxy) is 1. The molecule has 88 valence electrons. The molecule has 0 unspecified atom stereocenters. The minimum absolute atomic E-state index is 0.00571. The van der Waals surface area contributed by atoms with E-state index in [0.717, 1.165) is 0 Å². The Labute approximate surface area is 112 Å². The number of aromatic nitrogens is 1. The fourth-order valence-corrected chi connectivity index (χ4v) is 1.66. The lowest BCUT2D eigenvalue weighted by molar-refractivity contribution is 0.428. The smallest absolute Gasteiger partial charge is 0.239 e. The number of halogens is 4. The van der Waals surface area contributed by atoms with Gasteiger partial charge in [-0.15, -0.1) is 0 Å². The van der Waals surface area contributed by atoms with Crippen LogP contribution < -0.4 is 4.74 Å². The van der Waals surface area contributed by atoms with E-state index in [2.05, 4.69) is 4.98 Å². The lowest BCUT2D eigenvalue weighted by Gasteiger charge is -2.08. The summed E-state index contributed by atoms with van der Waals surface area (Å²) in [7, 11) is 0. The summed E-state index contributed by atoms with van der Waals surface area (Å²) in [6.45, 7) is 0. The summed E-state index contributed by atoms with van der Waals surface area (Å²) in [5.41, 5.74) is 0. The molecule has 2 aromatic rings. The third-order valence-corrected chi connectivity index (χ3v) is 2.84. The Hall–Kier alpha value is -1.03. The molecule has 0 saturated heterocycles. The van der Waals surface area contributed by atoms with Crippen LogP contribution in [0.15, 0.2) is 30.3 Å². The summed E-state index contributed by atoms with van der Waals surface area (Å²) in [5, 5.41) is 0.405. The van der Waals surface area contributed by atoms with Gasteiger partial charge >= 0.3 is 0 Å². The van der Waals surface area contributed by atoms with Crippen molar-refractivity contribution in [2.75, 3.05) is 0 Å². The molecular weight excluding hydrogens is 287 g/mol. The molecule has 2 rings (SSSR count). The fraction of sp³-hybridized carbons (Fsp3) is 0. The van der Waals surface area contributed by atoms with Gasteiger partial charge in [0.1, 0.15) is 5.02 Å². The SMILES string of the molecule is Fc1ccccc1Oc1nc(Cl)c(Cl)cc1Cl. The fourth-order valence-electron chi connectivity index (χ4n) is 1.13. The first-order valence-electron chi connectivity index (χ1n) is 4.52. The maximum Gasteiger partial charge on any atom is 0.239 e. The molecule has 0 radical (unpaired) electrons. The zero-order valence-corrected chi connectivity index (χ0v) is 10.5. The Morgan fingerprint density at radius 1 is 1.06 bits per heavy atom. The Bertz CT molecular complexity index is 562. The van der Waals surface area contributed by atoms with E-state index >= 15 is 0 Å². The molecule has 0 fully saturated rings. The van der Waals surface area contributed by atoms with Crippen molar-refractivity contribution < 1.29 is 9.13 Å². The van der Waals surface area contributed by atoms with E-state index in [-0.39, 0.29) is 26.8 Å². The van der Waals surface area contributed by atoms with Gasteiger partial charge in [0.2, 0.25) is 5.88 Å². The first kappa shape index (κ1) is 12.4. The minimum Gasteiger partial charge on any atom is -0.434 e. The summed E-state index contributed by atoms with van der Waals surface area (Å²) in [6.07, 6.45) is 0. The van der Waals surface area contributed by atoms with E-state index in [1.165, 1.54) is 18.2 Å². The highest BCUT2D eigenvalue weighted by molar-refractivity contribution is 6.42. The van der Waals surface area contributed by atoms with Crippen LogP contribution >= 0.6 is 34.8 Å².